The third kappa shape index (κ3) is 5.74. The Morgan fingerprint density at radius 2 is 2.06 bits per heavy atom. The predicted octanol–water partition coefficient (Wildman–Crippen LogP) is 3.85. The van der Waals surface area contributed by atoms with Crippen molar-refractivity contribution in [2.24, 2.45) is 4.99 Å². The minimum Gasteiger partial charge on any atom is -0.351 e. The zero-order valence-electron chi connectivity index (χ0n) is 19.0. The Morgan fingerprint density at radius 3 is 2.79 bits per heavy atom. The number of benzene rings is 1. The average molecular weight is 541 g/mol. The molecule has 0 amide bonds. The van der Waals surface area contributed by atoms with Crippen LogP contribution >= 0.6 is 23.1 Å². The number of hydrogen-bond donors (Lipinski definition) is 2. The predicted molar refractivity (Wildman–Crippen MR) is 143 cm³/mol. The summed E-state index contributed by atoms with van der Waals surface area (Å²) >= 11 is 1.22. The molecule has 0 bridgehead atoms. The molecule has 4 rings (SSSR count). The molecule has 0 fully saturated rings. The van der Waals surface area contributed by atoms with E-state index in [-0.39, 0.29) is 0 Å². The second kappa shape index (κ2) is 10.9. The summed E-state index contributed by atoms with van der Waals surface area (Å²) in [5.41, 5.74) is 2.27. The molecule has 0 spiro atoms. The lowest BCUT2D eigenvalue weighted by Gasteiger charge is -2.19. The van der Waals surface area contributed by atoms with E-state index in [1.807, 2.05) is 31.3 Å². The van der Waals surface area contributed by atoms with Crippen molar-refractivity contribution in [1.82, 2.24) is 9.88 Å². The Balaban J connectivity index is 1.43. The molecular weight excluding hydrogens is 513 g/mol. The van der Waals surface area contributed by atoms with Crippen molar-refractivity contribution in [1.29, 1.82) is 0 Å². The van der Waals surface area contributed by atoms with Crippen molar-refractivity contribution in [3.8, 4) is 0 Å². The van der Waals surface area contributed by atoms with Crippen LogP contribution in [0.15, 0.2) is 51.0 Å². The van der Waals surface area contributed by atoms with Gasteiger partial charge in [0.05, 0.1) is 29.2 Å². The molecule has 0 radical (unpaired) electrons. The number of hydrogen-bond acceptors (Lipinski definition) is 7. The fourth-order valence-corrected chi connectivity index (χ4v) is 7.66. The van der Waals surface area contributed by atoms with Crippen LogP contribution in [0.5, 0.6) is 0 Å². The number of thioether (sulfide) groups is 1. The van der Waals surface area contributed by atoms with Crippen molar-refractivity contribution < 1.29 is 17.2 Å². The summed E-state index contributed by atoms with van der Waals surface area (Å²) < 4.78 is 47.4. The Morgan fingerprint density at radius 1 is 1.24 bits per heavy atom. The molecule has 184 valence electrons. The smallest absolute Gasteiger partial charge is 0.273 e. The Kier molecular flexibility index (Phi) is 8.16. The maximum Gasteiger partial charge on any atom is 0.273 e. The number of aromatic nitrogens is 1. The molecule has 3 aromatic rings. The highest BCUT2D eigenvalue weighted by Gasteiger charge is 2.26. The van der Waals surface area contributed by atoms with Crippen molar-refractivity contribution in [2.75, 3.05) is 43.8 Å². The van der Waals surface area contributed by atoms with Gasteiger partial charge in [0.1, 0.15) is 9.25 Å². The molecule has 1 aromatic carbocycles. The SMILES string of the molecule is CN(CCCS(=O)O)CCC1CN=C(c2cc3cccc(N(C)S(=O)(=O)c4cccs4)c3[nH]2)S1. The first-order valence-corrected chi connectivity index (χ1v) is 15.3. The van der Waals surface area contributed by atoms with Crippen LogP contribution in [-0.4, -0.2) is 76.8 Å². The minimum absolute atomic E-state index is 0.308. The van der Waals surface area contributed by atoms with Gasteiger partial charge in [0, 0.05) is 17.7 Å². The van der Waals surface area contributed by atoms with Gasteiger partial charge in [0.2, 0.25) is 0 Å². The van der Waals surface area contributed by atoms with Crippen LogP contribution in [0, 0.1) is 0 Å². The molecule has 34 heavy (non-hydrogen) atoms. The van der Waals surface area contributed by atoms with Crippen molar-refractivity contribution in [2.45, 2.75) is 22.3 Å². The second-order valence-electron chi connectivity index (χ2n) is 8.19. The van der Waals surface area contributed by atoms with Crippen LogP contribution in [0.25, 0.3) is 10.9 Å². The monoisotopic (exact) mass is 540 g/mol. The van der Waals surface area contributed by atoms with E-state index >= 15 is 0 Å². The molecule has 2 unspecified atom stereocenters. The maximum absolute atomic E-state index is 13.0. The van der Waals surface area contributed by atoms with E-state index in [0.29, 0.717) is 27.3 Å². The first-order valence-electron chi connectivity index (χ1n) is 10.9. The number of H-pyrrole nitrogens is 1. The summed E-state index contributed by atoms with van der Waals surface area (Å²) in [7, 11) is -0.0152. The summed E-state index contributed by atoms with van der Waals surface area (Å²) in [5, 5.41) is 4.01. The Hall–Kier alpha value is -1.70. The lowest BCUT2D eigenvalue weighted by molar-refractivity contribution is 0.329. The molecular formula is C22H28N4O4S4. The van der Waals surface area contributed by atoms with E-state index in [2.05, 4.69) is 9.88 Å². The second-order valence-corrected chi connectivity index (χ2v) is 13.7. The van der Waals surface area contributed by atoms with Gasteiger partial charge in [0.25, 0.3) is 10.0 Å². The largest absolute Gasteiger partial charge is 0.351 e. The highest BCUT2D eigenvalue weighted by molar-refractivity contribution is 8.15. The summed E-state index contributed by atoms with van der Waals surface area (Å²) in [6, 6.07) is 11.0. The maximum atomic E-state index is 13.0. The third-order valence-electron chi connectivity index (χ3n) is 5.72. The van der Waals surface area contributed by atoms with Gasteiger partial charge in [0.15, 0.2) is 11.1 Å². The molecule has 12 heteroatoms. The Bertz CT molecular complexity index is 1290. The lowest BCUT2D eigenvalue weighted by Crippen LogP contribution is -2.26. The van der Waals surface area contributed by atoms with Gasteiger partial charge in [-0.05, 0) is 56.6 Å². The topological polar surface area (TPSA) is 106 Å². The number of aliphatic imine (C=N–C) groups is 1. The molecule has 3 heterocycles. The number of rotatable bonds is 11. The number of aromatic amines is 1. The van der Waals surface area contributed by atoms with Gasteiger partial charge in [-0.1, -0.05) is 30.0 Å². The van der Waals surface area contributed by atoms with E-state index in [1.54, 1.807) is 36.3 Å². The number of anilines is 1. The van der Waals surface area contributed by atoms with E-state index in [0.717, 1.165) is 47.7 Å². The van der Waals surface area contributed by atoms with E-state index < -0.39 is 21.1 Å². The molecule has 0 aliphatic carbocycles. The number of nitrogens with one attached hydrogen (secondary N) is 1. The molecule has 2 atom stereocenters. The van der Waals surface area contributed by atoms with E-state index in [1.165, 1.54) is 15.6 Å². The fourth-order valence-electron chi connectivity index (χ4n) is 3.84. The van der Waals surface area contributed by atoms with Gasteiger partial charge in [-0.3, -0.25) is 9.30 Å². The average Bonchev–Trinajstić information content (AvgIpc) is 3.56. The Labute approximate surface area is 210 Å². The lowest BCUT2D eigenvalue weighted by atomic mass is 10.2. The minimum atomic E-state index is -3.62. The molecule has 1 aliphatic heterocycles. The van der Waals surface area contributed by atoms with Crippen LogP contribution < -0.4 is 4.31 Å². The van der Waals surface area contributed by atoms with E-state index in [4.69, 9.17) is 9.55 Å². The van der Waals surface area contributed by atoms with Gasteiger partial charge >= 0.3 is 0 Å². The molecule has 1 aliphatic rings. The van der Waals surface area contributed by atoms with Crippen LogP contribution in [0.3, 0.4) is 0 Å². The van der Waals surface area contributed by atoms with Gasteiger partial charge in [-0.2, -0.15) is 0 Å². The highest BCUT2D eigenvalue weighted by atomic mass is 32.2. The van der Waals surface area contributed by atoms with Crippen LogP contribution in [-0.2, 0) is 21.1 Å². The standard InChI is InChI=1S/C22H28N4O4S4/c1-25(10-5-13-33(27)28)11-9-17-15-23-22(32-17)18-14-16-6-3-7-19(21(16)24-18)26(2)34(29,30)20-8-4-12-31-20/h3-4,6-8,12,14,17,24H,5,9-11,13,15H2,1-2H3,(H,27,28). The van der Waals surface area contributed by atoms with Crippen molar-refractivity contribution >= 4 is 65.8 Å². The van der Waals surface area contributed by atoms with Gasteiger partial charge in [-0.15, -0.1) is 11.3 Å². The molecule has 0 saturated heterocycles. The molecule has 0 saturated carbocycles. The van der Waals surface area contributed by atoms with Crippen molar-refractivity contribution in [3.63, 3.8) is 0 Å². The van der Waals surface area contributed by atoms with E-state index in [9.17, 15) is 12.6 Å². The highest BCUT2D eigenvalue weighted by Crippen LogP contribution is 2.34. The molecule has 2 aromatic heterocycles. The first-order chi connectivity index (χ1) is 16.3. The van der Waals surface area contributed by atoms with Crippen LogP contribution in [0.4, 0.5) is 5.69 Å². The first kappa shape index (κ1) is 25.4. The quantitative estimate of drug-likeness (QED) is 0.358. The summed E-state index contributed by atoms with van der Waals surface area (Å²) in [4.78, 5) is 10.3. The van der Waals surface area contributed by atoms with Gasteiger partial charge < -0.3 is 14.4 Å². The molecule has 8 nitrogen and oxygen atoms in total. The third-order valence-corrected chi connectivity index (χ3v) is 10.8. The summed E-state index contributed by atoms with van der Waals surface area (Å²) in [6.45, 7) is 2.44. The van der Waals surface area contributed by atoms with Crippen LogP contribution in [0.2, 0.25) is 0 Å². The molecule has 2 N–H and O–H groups in total. The van der Waals surface area contributed by atoms with Crippen LogP contribution in [0.1, 0.15) is 18.5 Å². The van der Waals surface area contributed by atoms with Crippen molar-refractivity contribution in [3.05, 3.63) is 47.5 Å². The number of fused-ring (bicyclic) bond motifs is 1. The normalized spacial score (nSPS) is 17.4. The summed E-state index contributed by atoms with van der Waals surface area (Å²) in [5.74, 6) is 0.308. The summed E-state index contributed by atoms with van der Waals surface area (Å²) in [6.07, 6.45) is 1.68. The number of para-hydroxylation sites is 1. The number of thiophene rings is 1. The van der Waals surface area contributed by atoms with Gasteiger partial charge in [-0.25, -0.2) is 12.6 Å². The number of sulfonamides is 1. The zero-order valence-corrected chi connectivity index (χ0v) is 22.3. The number of nitrogens with zero attached hydrogens (tertiary/aromatic N) is 3. The zero-order chi connectivity index (χ0) is 24.3. The fraction of sp³-hybridized carbons (Fsp3) is 0.409.